The van der Waals surface area contributed by atoms with Gasteiger partial charge in [0.15, 0.2) is 0 Å². The van der Waals surface area contributed by atoms with Gasteiger partial charge in [0, 0.05) is 28.0 Å². The van der Waals surface area contributed by atoms with Gasteiger partial charge in [-0.3, -0.25) is 0 Å². The van der Waals surface area contributed by atoms with Crippen LogP contribution in [0.15, 0.2) is 6.33 Å². The van der Waals surface area contributed by atoms with E-state index in [1.807, 2.05) is 16.4 Å². The number of rotatable bonds is 4. The van der Waals surface area contributed by atoms with Crippen molar-refractivity contribution in [1.82, 2.24) is 14.8 Å². The monoisotopic (exact) mass is 286 g/mol. The molecule has 3 atom stereocenters. The van der Waals surface area contributed by atoms with E-state index >= 15 is 0 Å². The average molecular weight is 286 g/mol. The molecule has 102 valence electrons. The molecule has 2 heterocycles. The Hall–Kier alpha value is -0.200. The van der Waals surface area contributed by atoms with Gasteiger partial charge < -0.3 is 5.73 Å². The first kappa shape index (κ1) is 14.2. The standard InChI is InChI=1S/C12H22N4S2/c1-4-9-11(18-6-5-17-9)10(13)12-14-7-15-16(12)8(2)3/h7-11H,4-6,13H2,1-3H3. The Balaban J connectivity index is 2.18. The molecule has 1 fully saturated rings. The fraction of sp³-hybridized carbons (Fsp3) is 0.833. The van der Waals surface area contributed by atoms with Crippen molar-refractivity contribution in [2.45, 2.75) is 49.8 Å². The third-order valence-corrected chi connectivity index (χ3v) is 6.61. The zero-order valence-electron chi connectivity index (χ0n) is 11.2. The molecule has 2 N–H and O–H groups in total. The highest BCUT2D eigenvalue weighted by molar-refractivity contribution is 8.07. The Morgan fingerprint density at radius 1 is 1.44 bits per heavy atom. The van der Waals surface area contributed by atoms with Gasteiger partial charge in [-0.25, -0.2) is 9.67 Å². The van der Waals surface area contributed by atoms with Crippen LogP contribution in [-0.4, -0.2) is 36.8 Å². The lowest BCUT2D eigenvalue weighted by Gasteiger charge is -2.33. The maximum absolute atomic E-state index is 6.46. The van der Waals surface area contributed by atoms with Gasteiger partial charge in [0.25, 0.3) is 0 Å². The molecule has 0 bridgehead atoms. The molecule has 1 aromatic rings. The molecule has 0 aromatic carbocycles. The second-order valence-electron chi connectivity index (χ2n) is 4.84. The van der Waals surface area contributed by atoms with Crippen molar-refractivity contribution in [2.75, 3.05) is 11.5 Å². The number of aromatic nitrogens is 3. The SMILES string of the molecule is CCC1SCCSC1C(N)c1ncnn1C(C)C. The number of hydrogen-bond acceptors (Lipinski definition) is 5. The molecule has 0 spiro atoms. The Morgan fingerprint density at radius 2 is 2.17 bits per heavy atom. The summed E-state index contributed by atoms with van der Waals surface area (Å²) in [6, 6.07) is 0.299. The van der Waals surface area contributed by atoms with E-state index < -0.39 is 0 Å². The van der Waals surface area contributed by atoms with E-state index in [9.17, 15) is 0 Å². The highest BCUT2D eigenvalue weighted by Gasteiger charge is 2.33. The summed E-state index contributed by atoms with van der Waals surface area (Å²) in [7, 11) is 0. The first-order valence-corrected chi connectivity index (χ1v) is 8.63. The van der Waals surface area contributed by atoms with Crippen LogP contribution in [0.25, 0.3) is 0 Å². The third-order valence-electron chi connectivity index (χ3n) is 3.24. The molecule has 1 aliphatic heterocycles. The predicted molar refractivity (Wildman–Crippen MR) is 80.1 cm³/mol. The number of nitrogens with zero attached hydrogens (tertiary/aromatic N) is 3. The molecule has 0 amide bonds. The van der Waals surface area contributed by atoms with Crippen molar-refractivity contribution in [3.05, 3.63) is 12.2 Å². The zero-order chi connectivity index (χ0) is 13.1. The van der Waals surface area contributed by atoms with Gasteiger partial charge in [-0.15, -0.1) is 0 Å². The maximum atomic E-state index is 6.46. The van der Waals surface area contributed by atoms with E-state index in [1.54, 1.807) is 6.33 Å². The fourth-order valence-corrected chi connectivity index (χ4v) is 5.46. The Labute approximate surface area is 117 Å². The Morgan fingerprint density at radius 3 is 2.83 bits per heavy atom. The molecule has 0 saturated carbocycles. The smallest absolute Gasteiger partial charge is 0.145 e. The Bertz CT molecular complexity index is 380. The van der Waals surface area contributed by atoms with Crippen molar-refractivity contribution in [2.24, 2.45) is 5.73 Å². The van der Waals surface area contributed by atoms with E-state index in [4.69, 9.17) is 5.73 Å². The topological polar surface area (TPSA) is 56.7 Å². The summed E-state index contributed by atoms with van der Waals surface area (Å²) in [6.45, 7) is 6.48. The molecule has 18 heavy (non-hydrogen) atoms. The van der Waals surface area contributed by atoms with Gasteiger partial charge in [0.2, 0.25) is 0 Å². The molecule has 1 saturated heterocycles. The third kappa shape index (κ3) is 2.86. The van der Waals surface area contributed by atoms with E-state index in [1.165, 1.54) is 17.9 Å². The average Bonchev–Trinajstić information content (AvgIpc) is 2.87. The summed E-state index contributed by atoms with van der Waals surface area (Å²) < 4.78 is 1.96. The molecule has 6 heteroatoms. The highest BCUT2D eigenvalue weighted by atomic mass is 32.2. The van der Waals surface area contributed by atoms with Gasteiger partial charge in [-0.2, -0.15) is 28.6 Å². The van der Waals surface area contributed by atoms with Crippen LogP contribution in [0.5, 0.6) is 0 Å². The van der Waals surface area contributed by atoms with E-state index in [2.05, 4.69) is 42.6 Å². The van der Waals surface area contributed by atoms with Gasteiger partial charge in [0.05, 0.1) is 6.04 Å². The van der Waals surface area contributed by atoms with Crippen LogP contribution in [0.2, 0.25) is 0 Å². The molecular formula is C12H22N4S2. The lowest BCUT2D eigenvalue weighted by molar-refractivity contribution is 0.470. The molecule has 1 aromatic heterocycles. The number of nitrogens with two attached hydrogens (primary N) is 1. The number of hydrogen-bond donors (Lipinski definition) is 1. The first-order valence-electron chi connectivity index (χ1n) is 6.53. The summed E-state index contributed by atoms with van der Waals surface area (Å²) in [6.07, 6.45) is 2.79. The van der Waals surface area contributed by atoms with Crippen LogP contribution in [0, 0.1) is 0 Å². The van der Waals surface area contributed by atoms with Gasteiger partial charge in [-0.1, -0.05) is 6.92 Å². The molecule has 0 radical (unpaired) electrons. The fourth-order valence-electron chi connectivity index (χ4n) is 2.31. The van der Waals surface area contributed by atoms with Crippen LogP contribution in [-0.2, 0) is 0 Å². The minimum atomic E-state index is -0.0161. The summed E-state index contributed by atoms with van der Waals surface area (Å²) >= 11 is 4.05. The minimum Gasteiger partial charge on any atom is -0.320 e. The summed E-state index contributed by atoms with van der Waals surface area (Å²) in [5.74, 6) is 3.36. The Kier molecular flexibility index (Phi) is 4.98. The van der Waals surface area contributed by atoms with Crippen molar-refractivity contribution in [3.8, 4) is 0 Å². The lowest BCUT2D eigenvalue weighted by Crippen LogP contribution is -2.37. The quantitative estimate of drug-likeness (QED) is 0.921. The normalized spacial score (nSPS) is 26.5. The van der Waals surface area contributed by atoms with Gasteiger partial charge in [0.1, 0.15) is 12.2 Å². The van der Waals surface area contributed by atoms with Crippen LogP contribution in [0.4, 0.5) is 0 Å². The van der Waals surface area contributed by atoms with Gasteiger partial charge in [-0.05, 0) is 20.3 Å². The van der Waals surface area contributed by atoms with Crippen LogP contribution in [0.3, 0.4) is 0 Å². The molecular weight excluding hydrogens is 264 g/mol. The minimum absolute atomic E-state index is 0.0161. The number of thioether (sulfide) groups is 2. The predicted octanol–water partition coefficient (Wildman–Crippen LogP) is 2.49. The van der Waals surface area contributed by atoms with Crippen molar-refractivity contribution in [3.63, 3.8) is 0 Å². The summed E-state index contributed by atoms with van der Waals surface area (Å²) in [5.41, 5.74) is 6.46. The maximum Gasteiger partial charge on any atom is 0.145 e. The summed E-state index contributed by atoms with van der Waals surface area (Å²) in [5, 5.41) is 5.38. The first-order chi connectivity index (χ1) is 8.65. The largest absolute Gasteiger partial charge is 0.320 e. The molecule has 3 unspecified atom stereocenters. The van der Waals surface area contributed by atoms with Crippen molar-refractivity contribution >= 4 is 23.5 Å². The molecule has 1 aliphatic rings. The van der Waals surface area contributed by atoms with Crippen LogP contribution in [0.1, 0.15) is 45.1 Å². The second kappa shape index (κ2) is 6.30. The van der Waals surface area contributed by atoms with E-state index in [0.29, 0.717) is 16.5 Å². The lowest BCUT2D eigenvalue weighted by atomic mass is 10.1. The van der Waals surface area contributed by atoms with E-state index in [0.717, 1.165) is 5.82 Å². The summed E-state index contributed by atoms with van der Waals surface area (Å²) in [4.78, 5) is 4.39. The highest BCUT2D eigenvalue weighted by Crippen LogP contribution is 2.38. The van der Waals surface area contributed by atoms with Crippen molar-refractivity contribution in [1.29, 1.82) is 0 Å². The van der Waals surface area contributed by atoms with E-state index in [-0.39, 0.29) is 6.04 Å². The molecule has 2 rings (SSSR count). The van der Waals surface area contributed by atoms with Crippen LogP contribution < -0.4 is 5.73 Å². The zero-order valence-corrected chi connectivity index (χ0v) is 12.9. The molecule has 4 nitrogen and oxygen atoms in total. The van der Waals surface area contributed by atoms with Gasteiger partial charge >= 0.3 is 0 Å². The van der Waals surface area contributed by atoms with Crippen LogP contribution >= 0.6 is 23.5 Å². The second-order valence-corrected chi connectivity index (χ2v) is 7.47. The van der Waals surface area contributed by atoms with Crippen molar-refractivity contribution < 1.29 is 0 Å². The molecule has 0 aliphatic carbocycles.